The fourth-order valence-corrected chi connectivity index (χ4v) is 3.49. The van der Waals surface area contributed by atoms with Crippen LogP contribution < -0.4 is 0 Å². The zero-order chi connectivity index (χ0) is 20.1. The Balaban J connectivity index is 1.41. The zero-order valence-corrected chi connectivity index (χ0v) is 17.1. The van der Waals surface area contributed by atoms with Crippen LogP contribution in [0.5, 0.6) is 0 Å². The predicted molar refractivity (Wildman–Crippen MR) is 109 cm³/mol. The van der Waals surface area contributed by atoms with Crippen molar-refractivity contribution in [1.82, 2.24) is 9.80 Å². The number of carbonyl (C=O) groups is 2. The second kappa shape index (κ2) is 8.63. The SMILES string of the molecule is CC(C)(C)c1ccc(CCCC(=O)N2CCN(C(=O)c3ccco3)CC2)cc1. The first kappa shape index (κ1) is 20.2. The molecular weight excluding hydrogens is 352 g/mol. The van der Waals surface area contributed by atoms with E-state index >= 15 is 0 Å². The molecule has 1 aliphatic heterocycles. The summed E-state index contributed by atoms with van der Waals surface area (Å²) in [4.78, 5) is 28.4. The molecule has 0 aliphatic carbocycles. The van der Waals surface area contributed by atoms with Gasteiger partial charge in [-0.15, -0.1) is 0 Å². The summed E-state index contributed by atoms with van der Waals surface area (Å²) in [6, 6.07) is 12.1. The average molecular weight is 383 g/mol. The van der Waals surface area contributed by atoms with Gasteiger partial charge < -0.3 is 14.2 Å². The molecule has 150 valence electrons. The average Bonchev–Trinajstić information content (AvgIpc) is 3.22. The van der Waals surface area contributed by atoms with Crippen molar-refractivity contribution < 1.29 is 14.0 Å². The van der Waals surface area contributed by atoms with Crippen molar-refractivity contribution in [2.45, 2.75) is 45.4 Å². The first-order chi connectivity index (χ1) is 13.3. The molecule has 5 nitrogen and oxygen atoms in total. The Morgan fingerprint density at radius 2 is 1.61 bits per heavy atom. The molecule has 0 atom stereocenters. The van der Waals surface area contributed by atoms with Gasteiger partial charge in [-0.1, -0.05) is 45.0 Å². The number of rotatable bonds is 5. The Bertz CT molecular complexity index is 780. The number of nitrogens with zero attached hydrogens (tertiary/aromatic N) is 2. The smallest absolute Gasteiger partial charge is 0.289 e. The molecule has 1 saturated heterocycles. The van der Waals surface area contributed by atoms with E-state index in [0.29, 0.717) is 38.4 Å². The Morgan fingerprint density at radius 3 is 2.18 bits per heavy atom. The number of carbonyl (C=O) groups excluding carboxylic acids is 2. The maximum Gasteiger partial charge on any atom is 0.289 e. The minimum atomic E-state index is -0.101. The quantitative estimate of drug-likeness (QED) is 0.788. The number of aryl methyl sites for hydroxylation is 1. The third-order valence-corrected chi connectivity index (χ3v) is 5.33. The van der Waals surface area contributed by atoms with Gasteiger partial charge in [0.05, 0.1) is 6.26 Å². The van der Waals surface area contributed by atoms with Crippen LogP contribution in [-0.2, 0) is 16.6 Å². The zero-order valence-electron chi connectivity index (χ0n) is 17.1. The molecule has 0 saturated carbocycles. The van der Waals surface area contributed by atoms with Crippen LogP contribution >= 0.6 is 0 Å². The Hall–Kier alpha value is -2.56. The van der Waals surface area contributed by atoms with Crippen molar-refractivity contribution in [3.8, 4) is 0 Å². The van der Waals surface area contributed by atoms with Crippen LogP contribution in [0.15, 0.2) is 47.1 Å². The lowest BCUT2D eigenvalue weighted by molar-refractivity contribution is -0.132. The van der Waals surface area contributed by atoms with E-state index in [-0.39, 0.29) is 17.2 Å². The normalized spacial score (nSPS) is 15.0. The third kappa shape index (κ3) is 5.03. The molecule has 5 heteroatoms. The van der Waals surface area contributed by atoms with E-state index in [2.05, 4.69) is 45.0 Å². The predicted octanol–water partition coefficient (Wildman–Crippen LogP) is 3.88. The lowest BCUT2D eigenvalue weighted by Gasteiger charge is -2.34. The standard InChI is InChI=1S/C23H30N2O3/c1-23(2,3)19-11-9-18(10-12-19)6-4-8-21(26)24-13-15-25(16-14-24)22(27)20-7-5-17-28-20/h5,7,9-12,17H,4,6,8,13-16H2,1-3H3. The highest BCUT2D eigenvalue weighted by molar-refractivity contribution is 5.91. The molecule has 2 amide bonds. The summed E-state index contributed by atoms with van der Waals surface area (Å²) in [5.74, 6) is 0.435. The molecule has 0 N–H and O–H groups in total. The monoisotopic (exact) mass is 382 g/mol. The van der Waals surface area contributed by atoms with Gasteiger partial charge in [0.25, 0.3) is 5.91 Å². The highest BCUT2D eigenvalue weighted by atomic mass is 16.3. The largest absolute Gasteiger partial charge is 0.459 e. The summed E-state index contributed by atoms with van der Waals surface area (Å²) in [6.07, 6.45) is 3.81. The molecule has 0 spiro atoms. The van der Waals surface area contributed by atoms with E-state index in [9.17, 15) is 9.59 Å². The van der Waals surface area contributed by atoms with Gasteiger partial charge in [-0.2, -0.15) is 0 Å². The van der Waals surface area contributed by atoms with Gasteiger partial charge in [0, 0.05) is 32.6 Å². The van der Waals surface area contributed by atoms with Crippen molar-refractivity contribution in [1.29, 1.82) is 0 Å². The summed E-state index contributed by atoms with van der Waals surface area (Å²) >= 11 is 0. The summed E-state index contributed by atoms with van der Waals surface area (Å²) in [7, 11) is 0. The lowest BCUT2D eigenvalue weighted by atomic mass is 9.86. The molecule has 1 fully saturated rings. The molecule has 1 aromatic heterocycles. The summed E-state index contributed by atoms with van der Waals surface area (Å²) in [6.45, 7) is 8.92. The summed E-state index contributed by atoms with van der Waals surface area (Å²) in [5.41, 5.74) is 2.76. The second-order valence-corrected chi connectivity index (χ2v) is 8.45. The van der Waals surface area contributed by atoms with E-state index in [4.69, 9.17) is 4.42 Å². The van der Waals surface area contributed by atoms with Gasteiger partial charge in [0.2, 0.25) is 5.91 Å². The van der Waals surface area contributed by atoms with Crippen LogP contribution in [0.1, 0.15) is 55.3 Å². The third-order valence-electron chi connectivity index (χ3n) is 5.33. The molecular formula is C23H30N2O3. The van der Waals surface area contributed by atoms with E-state index in [1.807, 2.05) is 4.90 Å². The molecule has 1 aliphatic rings. The molecule has 0 bridgehead atoms. The second-order valence-electron chi connectivity index (χ2n) is 8.45. The van der Waals surface area contributed by atoms with Crippen LogP contribution in [0.25, 0.3) is 0 Å². The van der Waals surface area contributed by atoms with Crippen LogP contribution in [0.4, 0.5) is 0 Å². The van der Waals surface area contributed by atoms with Crippen molar-refractivity contribution in [3.05, 3.63) is 59.5 Å². The molecule has 0 radical (unpaired) electrons. The molecule has 3 rings (SSSR count). The van der Waals surface area contributed by atoms with Gasteiger partial charge >= 0.3 is 0 Å². The van der Waals surface area contributed by atoms with E-state index < -0.39 is 0 Å². The van der Waals surface area contributed by atoms with Gasteiger partial charge in [-0.3, -0.25) is 9.59 Å². The Kier molecular flexibility index (Phi) is 6.22. The Morgan fingerprint density at radius 1 is 0.964 bits per heavy atom. The van der Waals surface area contributed by atoms with Gasteiger partial charge in [0.1, 0.15) is 0 Å². The fraction of sp³-hybridized carbons (Fsp3) is 0.478. The number of benzene rings is 1. The lowest BCUT2D eigenvalue weighted by Crippen LogP contribution is -2.50. The number of amides is 2. The first-order valence-corrected chi connectivity index (χ1v) is 10.0. The maximum atomic E-state index is 12.5. The summed E-state index contributed by atoms with van der Waals surface area (Å²) < 4.78 is 5.17. The van der Waals surface area contributed by atoms with Crippen LogP contribution in [0.3, 0.4) is 0 Å². The van der Waals surface area contributed by atoms with Crippen LogP contribution in [0, 0.1) is 0 Å². The Labute approximate surface area is 167 Å². The molecule has 0 unspecified atom stereocenters. The van der Waals surface area contributed by atoms with Crippen LogP contribution in [-0.4, -0.2) is 47.8 Å². The van der Waals surface area contributed by atoms with Gasteiger partial charge in [-0.05, 0) is 41.5 Å². The fourth-order valence-electron chi connectivity index (χ4n) is 3.49. The van der Waals surface area contributed by atoms with Crippen molar-refractivity contribution >= 4 is 11.8 Å². The topological polar surface area (TPSA) is 53.8 Å². The molecule has 28 heavy (non-hydrogen) atoms. The number of hydrogen-bond donors (Lipinski definition) is 0. The number of piperazine rings is 1. The van der Waals surface area contributed by atoms with Crippen molar-refractivity contribution in [3.63, 3.8) is 0 Å². The van der Waals surface area contributed by atoms with Crippen LogP contribution in [0.2, 0.25) is 0 Å². The molecule has 1 aromatic carbocycles. The van der Waals surface area contributed by atoms with Crippen molar-refractivity contribution in [2.24, 2.45) is 0 Å². The van der Waals surface area contributed by atoms with E-state index in [0.717, 1.165) is 12.8 Å². The molecule has 2 aromatic rings. The van der Waals surface area contributed by atoms with Gasteiger partial charge in [0.15, 0.2) is 5.76 Å². The highest BCUT2D eigenvalue weighted by Gasteiger charge is 2.25. The number of hydrogen-bond acceptors (Lipinski definition) is 3. The minimum absolute atomic E-state index is 0.101. The van der Waals surface area contributed by atoms with Gasteiger partial charge in [-0.25, -0.2) is 0 Å². The van der Waals surface area contributed by atoms with E-state index in [1.54, 1.807) is 17.0 Å². The maximum absolute atomic E-state index is 12.5. The highest BCUT2D eigenvalue weighted by Crippen LogP contribution is 2.22. The number of furan rings is 1. The first-order valence-electron chi connectivity index (χ1n) is 10.0. The molecule has 2 heterocycles. The van der Waals surface area contributed by atoms with Crippen molar-refractivity contribution in [2.75, 3.05) is 26.2 Å². The minimum Gasteiger partial charge on any atom is -0.459 e. The van der Waals surface area contributed by atoms with E-state index in [1.165, 1.54) is 17.4 Å². The summed E-state index contributed by atoms with van der Waals surface area (Å²) in [5, 5.41) is 0.